The predicted molar refractivity (Wildman–Crippen MR) is 486 cm³/mol. The molecule has 128 heavy (non-hydrogen) atoms. The van der Waals surface area contributed by atoms with Crippen LogP contribution in [0.15, 0.2) is 49.6 Å². The fourth-order valence-electron chi connectivity index (χ4n) is 37.1. The number of likely N-dealkylation sites (tertiary alicyclic amines) is 1. The highest BCUT2D eigenvalue weighted by molar-refractivity contribution is 5.94. The number of hydrogen-bond acceptors (Lipinski definition) is 13. The maximum atomic E-state index is 13.8. The molecule has 4 N–H and O–H groups in total. The minimum absolute atomic E-state index is 0.0356. The monoisotopic (exact) mass is 1760 g/mol. The molecule has 18 fully saturated rings. The van der Waals surface area contributed by atoms with Crippen LogP contribution in [0.4, 0.5) is 14.5 Å². The van der Waals surface area contributed by atoms with Gasteiger partial charge in [-0.1, -0.05) is 48.5 Å². The van der Waals surface area contributed by atoms with Gasteiger partial charge in [0.05, 0.1) is 98.6 Å². The Labute approximate surface area is 761 Å². The fraction of sp³-hybridized carbons (Fsp3) is 0.832. The van der Waals surface area contributed by atoms with Crippen LogP contribution in [0.25, 0.3) is 4.85 Å². The summed E-state index contributed by atoms with van der Waals surface area (Å²) >= 11 is 0. The summed E-state index contributed by atoms with van der Waals surface area (Å²) in [5.41, 5.74) is 1.61. The summed E-state index contributed by atoms with van der Waals surface area (Å²) in [5, 5.41) is 59.7. The molecule has 19 nitrogen and oxygen atoms in total. The van der Waals surface area contributed by atoms with Crippen molar-refractivity contribution in [3.8, 4) is 0 Å². The van der Waals surface area contributed by atoms with Gasteiger partial charge >= 0.3 is 0 Å². The third-order valence-corrected chi connectivity index (χ3v) is 41.7. The number of halogens is 2. The van der Waals surface area contributed by atoms with E-state index >= 15 is 0 Å². The van der Waals surface area contributed by atoms with Crippen molar-refractivity contribution in [1.29, 1.82) is 0 Å². The molecule has 17 saturated carbocycles. The van der Waals surface area contributed by atoms with Crippen molar-refractivity contribution in [2.45, 2.75) is 350 Å². The normalized spacial score (nSPS) is 47.4. The van der Waals surface area contributed by atoms with Crippen LogP contribution in [0.1, 0.15) is 303 Å². The summed E-state index contributed by atoms with van der Waals surface area (Å²) in [6.07, 6.45) is 50.5. The Hall–Kier alpha value is -5.82. The molecule has 4 aromatic heterocycles. The molecule has 21 heteroatoms. The van der Waals surface area contributed by atoms with Gasteiger partial charge in [0.2, 0.25) is 5.69 Å². The topological polar surface area (TPSA) is 245 Å². The maximum absolute atomic E-state index is 13.8. The number of amides is 1. The lowest BCUT2D eigenvalue weighted by molar-refractivity contribution is -0.136. The molecule has 1 aliphatic heterocycles. The van der Waals surface area contributed by atoms with Crippen molar-refractivity contribution < 1.29 is 53.2 Å². The molecule has 0 aromatic carbocycles. The van der Waals surface area contributed by atoms with Gasteiger partial charge in [-0.15, -0.1) is 0 Å². The van der Waals surface area contributed by atoms with E-state index in [2.05, 4.69) is 73.7 Å². The molecule has 1 saturated heterocycles. The second kappa shape index (κ2) is 33.6. The van der Waals surface area contributed by atoms with Gasteiger partial charge in [-0.2, -0.15) is 20.4 Å². The van der Waals surface area contributed by atoms with Crippen LogP contribution in [0, 0.1) is 214 Å². The number of hydrogen-bond donors (Lipinski definition) is 4. The molecule has 0 spiro atoms. The number of aromatic nitrogens is 8. The Morgan fingerprint density at radius 1 is 0.375 bits per heavy atom. The predicted octanol–water partition coefficient (Wildman–Crippen LogP) is 19.7. The van der Waals surface area contributed by atoms with E-state index in [0.29, 0.717) is 114 Å². The number of aliphatic hydroxyl groups is 4. The van der Waals surface area contributed by atoms with E-state index in [0.717, 1.165) is 189 Å². The molecular formula is C107H156F2N10O9. The van der Waals surface area contributed by atoms with Crippen LogP contribution in [0.3, 0.4) is 0 Å². The first kappa shape index (κ1) is 91.3. The Balaban J connectivity index is 0.000000111. The van der Waals surface area contributed by atoms with Crippen molar-refractivity contribution >= 4 is 34.7 Å². The third-order valence-electron chi connectivity index (χ3n) is 41.7. The standard InChI is InChI=1S/C29H39F2N3O3.C26H37N3O2.2C26H40N2O2/c1-27(37)7-5-18-16(10-27)3-4-20-19(18)6-8-28(2)24(20)21-9-22(21)25(28)23(35)13-34-12-17(11-32-34)26(36)33-14-29(30,31)15-33;1-16-11-22(23(30)15-29-14-18(27-4)13-28-29)26(3)10-8-20-19-7-9-25(2,31)12-17(19)5-6-21(20)24(16)26;2*1-16-13-27-28(14-16)15-23(29)22-11-17(2)24-21-6-5-18-12-25(3,30)9-7-19(18)20(21)8-10-26(22,24)4/h11-12,16,18-22,24-25,37H,3-10,13-15H2,1-2H3;13-14,16-17,19-22,24,31H,5-12,15H2,1-3H3;2*13-14,17-22,24,30H,5-12,15H2,1-4H3/t16-,18+,19-,20-,21-,22+,24-,25-,27-,28+;16?,17-,19+,20-,21-,22-,24+,25-,26-;17?,18-,19+,20-,21-,22-,24+,25-,26-;17-,18-,19+,20-,21-,22-,24+,25-,26-/m1111/s1. The van der Waals surface area contributed by atoms with Gasteiger partial charge in [0.1, 0.15) is 0 Å². The van der Waals surface area contributed by atoms with Gasteiger partial charge in [0.25, 0.3) is 11.8 Å². The number of fused-ring (bicyclic) bond motifs is 22. The first-order valence-electron chi connectivity index (χ1n) is 51.6. The molecule has 2 unspecified atom stereocenters. The molecule has 4 aromatic rings. The number of ketones is 4. The maximum Gasteiger partial charge on any atom is 0.282 e. The van der Waals surface area contributed by atoms with Crippen LogP contribution in [0.5, 0.6) is 0 Å². The number of alkyl halides is 2. The van der Waals surface area contributed by atoms with E-state index in [9.17, 15) is 53.2 Å². The van der Waals surface area contributed by atoms with Gasteiger partial charge in [0.15, 0.2) is 23.1 Å². The van der Waals surface area contributed by atoms with Gasteiger partial charge in [0, 0.05) is 48.5 Å². The van der Waals surface area contributed by atoms with Crippen molar-refractivity contribution in [1.82, 2.24) is 44.0 Å². The van der Waals surface area contributed by atoms with Gasteiger partial charge in [-0.05, 0) is 428 Å². The Morgan fingerprint density at radius 3 is 1.04 bits per heavy atom. The lowest BCUT2D eigenvalue weighted by atomic mass is 9.48. The number of carbonyl (C=O) groups is 5. The number of carbonyl (C=O) groups excluding carboxylic acids is 5. The van der Waals surface area contributed by atoms with Gasteiger partial charge in [-0.3, -0.25) is 42.7 Å². The van der Waals surface area contributed by atoms with E-state index < -0.39 is 47.3 Å². The zero-order valence-corrected chi connectivity index (χ0v) is 79.8. The highest BCUT2D eigenvalue weighted by atomic mass is 19.3. The van der Waals surface area contributed by atoms with Gasteiger partial charge in [-0.25, -0.2) is 13.6 Å². The summed E-state index contributed by atoms with van der Waals surface area (Å²) in [5.74, 6) is 16.4. The molecule has 0 bridgehead atoms. The first-order chi connectivity index (χ1) is 60.5. The van der Waals surface area contributed by atoms with Crippen molar-refractivity contribution in [3.63, 3.8) is 0 Å². The van der Waals surface area contributed by atoms with E-state index in [1.807, 2.05) is 75.7 Å². The molecule has 22 rings (SSSR count). The number of Topliss-reactive ketones (excluding diaryl/α,β-unsaturated/α-hetero) is 4. The summed E-state index contributed by atoms with van der Waals surface area (Å²) in [4.78, 5) is 71.0. The van der Waals surface area contributed by atoms with Crippen molar-refractivity contribution in [2.24, 2.45) is 193 Å². The quantitative estimate of drug-likeness (QED) is 0.0911. The molecule has 37 atom stereocenters. The highest BCUT2D eigenvalue weighted by Crippen LogP contribution is 2.76. The second-order valence-electron chi connectivity index (χ2n) is 50.1. The lowest BCUT2D eigenvalue weighted by Gasteiger charge is -2.57. The minimum atomic E-state index is -2.80. The number of nitrogens with zero attached hydrogens (tertiary/aromatic N) is 10. The zero-order valence-electron chi connectivity index (χ0n) is 79.8. The zero-order chi connectivity index (χ0) is 90.4. The van der Waals surface area contributed by atoms with Crippen molar-refractivity contribution in [2.75, 3.05) is 13.1 Å². The van der Waals surface area contributed by atoms with Crippen LogP contribution in [-0.2, 0) is 45.4 Å². The summed E-state index contributed by atoms with van der Waals surface area (Å²) in [6.45, 7) is 36.5. The van der Waals surface area contributed by atoms with Gasteiger partial charge < -0.3 is 25.3 Å². The third kappa shape index (κ3) is 16.7. The fourth-order valence-corrected chi connectivity index (χ4v) is 37.1. The largest absolute Gasteiger partial charge is 0.390 e. The molecule has 18 aliphatic rings. The van der Waals surface area contributed by atoms with Crippen LogP contribution in [-0.4, -0.2) is 135 Å². The lowest BCUT2D eigenvalue weighted by Crippen LogP contribution is -2.58. The van der Waals surface area contributed by atoms with Crippen LogP contribution in [0.2, 0.25) is 0 Å². The minimum Gasteiger partial charge on any atom is -0.390 e. The number of rotatable bonds is 13. The average Bonchev–Trinajstić information content (AvgIpc) is 1.51. The van der Waals surface area contributed by atoms with Crippen LogP contribution < -0.4 is 0 Å². The SMILES string of the molecule is C[C@@]1(O)CC[C@H]2[C@H](CC[C@@H]3[C@@H]2CC[C@@]2(C)[C@H]3[C@@H]3C[C@@H]3[C@@H]2C(=O)Cn2cc(C(=O)N3CC(F)(F)C3)cn2)C1.Cc1cnn(CC(=O)[C@H]2CC(C)[C@H]3[C@@H]4CC[C@@H]5C[C@](C)(O)CC[C@@H]5[C@H]4CC[C@]23C)c1.Cc1cnn(CC(=O)[C@H]2C[C@@H](C)[C@H]3[C@@H]4CC[C@@H]5C[C@](C)(O)CC[C@@H]5[C@H]4CC[C@@]32C)c1.[C-]#[N+]c1cnn(CC(=O)[C@H]2CC(C)[C@H]3[C@@H]4CC[C@@H]5C[C@](C)(O)CC[C@@H]5[C@H]4CC[C@]23C)c1. The molecule has 702 valence electrons. The molecule has 0 radical (unpaired) electrons. The Kier molecular flexibility index (Phi) is 24.0. The van der Waals surface area contributed by atoms with Crippen molar-refractivity contribution in [3.05, 3.63) is 77.7 Å². The Morgan fingerprint density at radius 2 is 0.695 bits per heavy atom. The Bertz CT molecular complexity index is 4690. The highest BCUT2D eigenvalue weighted by Gasteiger charge is 2.72. The smallest absolute Gasteiger partial charge is 0.282 e. The molecular weight excluding hydrogens is 1610 g/mol. The molecule has 17 aliphatic carbocycles. The first-order valence-corrected chi connectivity index (χ1v) is 51.6. The van der Waals surface area contributed by atoms with E-state index in [1.165, 1.54) is 120 Å². The number of aryl methyl sites for hydroxylation is 2. The summed E-state index contributed by atoms with van der Waals surface area (Å²) in [7, 11) is 0. The molecule has 5 heterocycles. The second-order valence-corrected chi connectivity index (χ2v) is 50.1. The molecule has 1 amide bonds. The average molecular weight is 1760 g/mol. The summed E-state index contributed by atoms with van der Waals surface area (Å²) in [6, 6.07) is 0. The van der Waals surface area contributed by atoms with Crippen LogP contribution >= 0.6 is 0 Å². The van der Waals surface area contributed by atoms with E-state index in [-0.39, 0.29) is 63.2 Å². The summed E-state index contributed by atoms with van der Waals surface area (Å²) < 4.78 is 33.2. The van der Waals surface area contributed by atoms with E-state index in [4.69, 9.17) is 6.57 Å². The van der Waals surface area contributed by atoms with E-state index in [1.54, 1.807) is 23.3 Å².